The lowest BCUT2D eigenvalue weighted by Crippen LogP contribution is -1.92. The quantitative estimate of drug-likeness (QED) is 0.776. The highest BCUT2D eigenvalue weighted by atomic mass is 35.5. The van der Waals surface area contributed by atoms with Crippen molar-refractivity contribution in [2.45, 2.75) is 20.8 Å². The number of benzene rings is 2. The van der Waals surface area contributed by atoms with E-state index in [0.29, 0.717) is 16.3 Å². The van der Waals surface area contributed by atoms with E-state index in [1.165, 1.54) is 5.56 Å². The van der Waals surface area contributed by atoms with E-state index in [4.69, 9.17) is 21.6 Å². The Bertz CT molecular complexity index is 671. The normalized spacial score (nSPS) is 10.1. The number of hydrogen-bond acceptors (Lipinski definition) is 2. The van der Waals surface area contributed by atoms with Crippen molar-refractivity contribution in [3.8, 4) is 17.6 Å². The van der Waals surface area contributed by atoms with Crippen molar-refractivity contribution in [3.63, 3.8) is 0 Å². The van der Waals surface area contributed by atoms with Crippen molar-refractivity contribution in [2.24, 2.45) is 0 Å². The van der Waals surface area contributed by atoms with E-state index in [9.17, 15) is 0 Å². The summed E-state index contributed by atoms with van der Waals surface area (Å²) < 4.78 is 5.86. The summed E-state index contributed by atoms with van der Waals surface area (Å²) in [6.45, 7) is 6.09. The number of nitriles is 1. The van der Waals surface area contributed by atoms with Gasteiger partial charge in [0.25, 0.3) is 0 Å². The molecular formula is C16H14ClNO. The third kappa shape index (κ3) is 2.89. The molecule has 0 aliphatic rings. The summed E-state index contributed by atoms with van der Waals surface area (Å²) >= 11 is 6.11. The summed E-state index contributed by atoms with van der Waals surface area (Å²) in [5, 5.41) is 9.25. The minimum atomic E-state index is 0.442. The lowest BCUT2D eigenvalue weighted by atomic mass is 10.1. The maximum Gasteiger partial charge on any atom is 0.146 e. The molecule has 0 atom stereocenters. The number of ether oxygens (including phenoxy) is 1. The lowest BCUT2D eigenvalue weighted by Gasteiger charge is -2.13. The summed E-state index contributed by atoms with van der Waals surface area (Å²) in [6.07, 6.45) is 0. The summed E-state index contributed by atoms with van der Waals surface area (Å²) in [7, 11) is 0. The molecule has 0 aliphatic carbocycles. The van der Waals surface area contributed by atoms with E-state index in [0.717, 1.165) is 16.9 Å². The van der Waals surface area contributed by atoms with Gasteiger partial charge in [0.05, 0.1) is 16.7 Å². The van der Waals surface area contributed by atoms with Crippen LogP contribution in [-0.4, -0.2) is 0 Å². The molecule has 2 rings (SSSR count). The third-order valence-electron chi connectivity index (χ3n) is 3.04. The molecule has 2 nitrogen and oxygen atoms in total. The number of halogens is 1. The van der Waals surface area contributed by atoms with Crippen molar-refractivity contribution in [2.75, 3.05) is 0 Å². The van der Waals surface area contributed by atoms with Crippen LogP contribution in [0.15, 0.2) is 30.3 Å². The van der Waals surface area contributed by atoms with Crippen molar-refractivity contribution in [3.05, 3.63) is 57.6 Å². The molecule has 0 saturated carbocycles. The van der Waals surface area contributed by atoms with Crippen LogP contribution in [0.3, 0.4) is 0 Å². The Morgan fingerprint density at radius 3 is 2.42 bits per heavy atom. The minimum absolute atomic E-state index is 0.442. The molecule has 0 radical (unpaired) electrons. The molecule has 2 aromatic rings. The number of hydrogen-bond donors (Lipinski definition) is 0. The summed E-state index contributed by atoms with van der Waals surface area (Å²) in [5.74, 6) is 1.36. The maximum absolute atomic E-state index is 8.81. The van der Waals surface area contributed by atoms with Crippen molar-refractivity contribution < 1.29 is 4.74 Å². The second kappa shape index (κ2) is 5.34. The number of rotatable bonds is 2. The minimum Gasteiger partial charge on any atom is -0.456 e. The first kappa shape index (κ1) is 13.5. The predicted molar refractivity (Wildman–Crippen MR) is 76.9 cm³/mol. The highest BCUT2D eigenvalue weighted by Crippen LogP contribution is 2.33. The van der Waals surface area contributed by atoms with Gasteiger partial charge in [-0.05, 0) is 61.7 Å². The van der Waals surface area contributed by atoms with Gasteiger partial charge in [0, 0.05) is 0 Å². The largest absolute Gasteiger partial charge is 0.456 e. The van der Waals surface area contributed by atoms with Crippen LogP contribution in [0, 0.1) is 32.1 Å². The van der Waals surface area contributed by atoms with Crippen LogP contribution in [0.5, 0.6) is 11.5 Å². The van der Waals surface area contributed by atoms with E-state index in [-0.39, 0.29) is 0 Å². The van der Waals surface area contributed by atoms with E-state index in [1.54, 1.807) is 18.2 Å². The molecule has 0 aliphatic heterocycles. The Balaban J connectivity index is 2.39. The molecule has 3 heteroatoms. The van der Waals surface area contributed by atoms with Gasteiger partial charge in [0.1, 0.15) is 11.5 Å². The predicted octanol–water partition coefficient (Wildman–Crippen LogP) is 4.93. The second-order valence-corrected chi connectivity index (χ2v) is 4.97. The van der Waals surface area contributed by atoms with Crippen LogP contribution in [-0.2, 0) is 0 Å². The van der Waals surface area contributed by atoms with Gasteiger partial charge < -0.3 is 4.74 Å². The SMILES string of the molecule is Cc1cc(C)c(C)c(Oc2ccc(C#N)cc2Cl)c1. The molecule has 0 fully saturated rings. The molecule has 96 valence electrons. The standard InChI is InChI=1S/C16H14ClNO/c1-10-6-11(2)12(3)16(7-10)19-15-5-4-13(9-18)8-14(15)17/h4-8H,1-3H3. The van der Waals surface area contributed by atoms with E-state index < -0.39 is 0 Å². The Morgan fingerprint density at radius 1 is 1.05 bits per heavy atom. The first-order chi connectivity index (χ1) is 9.01. The van der Waals surface area contributed by atoms with Gasteiger partial charge in [-0.2, -0.15) is 5.26 Å². The van der Waals surface area contributed by atoms with Gasteiger partial charge in [-0.15, -0.1) is 0 Å². The highest BCUT2D eigenvalue weighted by Gasteiger charge is 2.08. The molecule has 0 saturated heterocycles. The van der Waals surface area contributed by atoms with Gasteiger partial charge in [-0.25, -0.2) is 0 Å². The van der Waals surface area contributed by atoms with Crippen LogP contribution >= 0.6 is 11.6 Å². The van der Waals surface area contributed by atoms with E-state index in [2.05, 4.69) is 13.0 Å². The molecule has 19 heavy (non-hydrogen) atoms. The maximum atomic E-state index is 8.81. The van der Waals surface area contributed by atoms with E-state index >= 15 is 0 Å². The molecule has 0 unspecified atom stereocenters. The fraction of sp³-hybridized carbons (Fsp3) is 0.188. The monoisotopic (exact) mass is 271 g/mol. The number of nitrogens with zero attached hydrogens (tertiary/aromatic N) is 1. The van der Waals surface area contributed by atoms with Gasteiger partial charge >= 0.3 is 0 Å². The molecule has 0 heterocycles. The van der Waals surface area contributed by atoms with Gasteiger partial charge in [-0.1, -0.05) is 17.7 Å². The molecule has 0 bridgehead atoms. The van der Waals surface area contributed by atoms with E-state index in [1.807, 2.05) is 26.0 Å². The van der Waals surface area contributed by atoms with Gasteiger partial charge in [-0.3, -0.25) is 0 Å². The van der Waals surface area contributed by atoms with Crippen LogP contribution in [0.2, 0.25) is 5.02 Å². The molecule has 0 N–H and O–H groups in total. The summed E-state index contributed by atoms with van der Waals surface area (Å²) in [4.78, 5) is 0. The average Bonchev–Trinajstić information content (AvgIpc) is 2.37. The highest BCUT2D eigenvalue weighted by molar-refractivity contribution is 6.32. The molecule has 2 aromatic carbocycles. The Hall–Kier alpha value is -1.98. The smallest absolute Gasteiger partial charge is 0.146 e. The fourth-order valence-electron chi connectivity index (χ4n) is 1.88. The third-order valence-corrected chi connectivity index (χ3v) is 3.34. The van der Waals surface area contributed by atoms with Crippen LogP contribution in [0.25, 0.3) is 0 Å². The topological polar surface area (TPSA) is 33.0 Å². The van der Waals surface area contributed by atoms with Crippen molar-refractivity contribution in [1.29, 1.82) is 5.26 Å². The zero-order chi connectivity index (χ0) is 14.0. The fourth-order valence-corrected chi connectivity index (χ4v) is 2.10. The molecule has 0 spiro atoms. The Labute approximate surface area is 118 Å². The number of aryl methyl sites for hydroxylation is 2. The van der Waals surface area contributed by atoms with Crippen LogP contribution in [0.1, 0.15) is 22.3 Å². The Kier molecular flexibility index (Phi) is 3.78. The van der Waals surface area contributed by atoms with Crippen molar-refractivity contribution in [1.82, 2.24) is 0 Å². The first-order valence-corrected chi connectivity index (χ1v) is 6.34. The van der Waals surface area contributed by atoms with Gasteiger partial charge in [0.15, 0.2) is 0 Å². The molecule has 0 aromatic heterocycles. The summed E-state index contributed by atoms with van der Waals surface area (Å²) in [5.41, 5.74) is 3.93. The second-order valence-electron chi connectivity index (χ2n) is 4.56. The zero-order valence-corrected chi connectivity index (χ0v) is 11.9. The summed E-state index contributed by atoms with van der Waals surface area (Å²) in [6, 6.07) is 11.2. The van der Waals surface area contributed by atoms with Crippen LogP contribution < -0.4 is 4.74 Å². The zero-order valence-electron chi connectivity index (χ0n) is 11.1. The average molecular weight is 272 g/mol. The Morgan fingerprint density at radius 2 is 1.79 bits per heavy atom. The van der Waals surface area contributed by atoms with Crippen LogP contribution in [0.4, 0.5) is 0 Å². The first-order valence-electron chi connectivity index (χ1n) is 5.96. The molecule has 0 amide bonds. The van der Waals surface area contributed by atoms with Gasteiger partial charge in [0.2, 0.25) is 0 Å². The lowest BCUT2D eigenvalue weighted by molar-refractivity contribution is 0.478. The molecular weight excluding hydrogens is 258 g/mol. The van der Waals surface area contributed by atoms with Crippen molar-refractivity contribution >= 4 is 11.6 Å².